The molecular formula is C8H25O7PSi4. The second-order valence-electron chi connectivity index (χ2n) is 6.56. The van der Waals surface area contributed by atoms with Gasteiger partial charge in [0.1, 0.15) is 0 Å². The van der Waals surface area contributed by atoms with Gasteiger partial charge >= 0.3 is 41.8 Å². The standard InChI is InChI=1S/C8H25O7PSi4/c1-17(2)12-18(3,4)14-20(7,8-16(9,10)11)15-19(5,6)13-17/h8H2,1-7H3,(H2,9,10,11). The van der Waals surface area contributed by atoms with Gasteiger partial charge in [0.05, 0.1) is 5.79 Å². The molecule has 0 aromatic rings. The van der Waals surface area contributed by atoms with Crippen LogP contribution in [0.1, 0.15) is 0 Å². The van der Waals surface area contributed by atoms with E-state index in [-0.39, 0.29) is 5.79 Å². The van der Waals surface area contributed by atoms with Gasteiger partial charge in [-0.15, -0.1) is 0 Å². The maximum absolute atomic E-state index is 11.4. The summed E-state index contributed by atoms with van der Waals surface area (Å²) in [6.07, 6.45) is 0. The van der Waals surface area contributed by atoms with Crippen LogP contribution in [0, 0.1) is 0 Å². The zero-order valence-corrected chi connectivity index (χ0v) is 18.0. The number of hydrogen-bond acceptors (Lipinski definition) is 5. The Morgan fingerprint density at radius 1 is 0.750 bits per heavy atom. The van der Waals surface area contributed by atoms with E-state index in [1.165, 1.54) is 0 Å². The lowest BCUT2D eigenvalue weighted by Gasteiger charge is -2.47. The fourth-order valence-corrected chi connectivity index (χ4v) is 27.4. The normalized spacial score (nSPS) is 28.4. The summed E-state index contributed by atoms with van der Waals surface area (Å²) >= 11 is 0. The van der Waals surface area contributed by atoms with Gasteiger partial charge in [0, 0.05) is 0 Å². The van der Waals surface area contributed by atoms with Gasteiger partial charge in [-0.05, 0) is 45.8 Å². The molecule has 0 saturated carbocycles. The molecule has 2 N–H and O–H groups in total. The second-order valence-corrected chi connectivity index (χ2v) is 23.1. The highest BCUT2D eigenvalue weighted by Gasteiger charge is 2.54. The van der Waals surface area contributed by atoms with Crippen LogP contribution in [0.15, 0.2) is 0 Å². The molecule has 120 valence electrons. The first-order valence-electron chi connectivity index (χ1n) is 6.39. The monoisotopic (exact) mass is 376 g/mol. The molecule has 0 amide bonds. The Hall–Kier alpha value is 0.858. The summed E-state index contributed by atoms with van der Waals surface area (Å²) in [4.78, 5) is 18.6. The maximum atomic E-state index is 11.4. The highest BCUT2D eigenvalue weighted by Crippen LogP contribution is 2.41. The highest BCUT2D eigenvalue weighted by molar-refractivity contribution is 7.54. The van der Waals surface area contributed by atoms with E-state index >= 15 is 0 Å². The summed E-state index contributed by atoms with van der Waals surface area (Å²) < 4.78 is 35.6. The van der Waals surface area contributed by atoms with Crippen molar-refractivity contribution in [2.24, 2.45) is 0 Å². The lowest BCUT2D eigenvalue weighted by atomic mass is 11.9. The second kappa shape index (κ2) is 5.49. The maximum Gasteiger partial charge on any atom is 0.329 e. The minimum atomic E-state index is -4.22. The van der Waals surface area contributed by atoms with Crippen LogP contribution in [0.5, 0.6) is 0 Å². The molecule has 1 aliphatic heterocycles. The van der Waals surface area contributed by atoms with E-state index in [0.717, 1.165) is 0 Å². The van der Waals surface area contributed by atoms with Crippen molar-refractivity contribution in [3.63, 3.8) is 0 Å². The van der Waals surface area contributed by atoms with Gasteiger partial charge in [-0.25, -0.2) is 0 Å². The molecular weight excluding hydrogens is 351 g/mol. The summed E-state index contributed by atoms with van der Waals surface area (Å²) in [5, 5.41) is 0. The molecule has 0 aromatic carbocycles. The van der Waals surface area contributed by atoms with Crippen molar-refractivity contribution >= 4 is 41.8 Å². The Morgan fingerprint density at radius 2 is 1.05 bits per heavy atom. The third-order valence-corrected chi connectivity index (χ3v) is 21.6. The van der Waals surface area contributed by atoms with Crippen molar-refractivity contribution in [1.29, 1.82) is 0 Å². The van der Waals surface area contributed by atoms with Crippen molar-refractivity contribution in [3.05, 3.63) is 0 Å². The van der Waals surface area contributed by atoms with Crippen LogP contribution in [-0.2, 0) is 21.0 Å². The number of hydrogen-bond donors (Lipinski definition) is 2. The van der Waals surface area contributed by atoms with E-state index < -0.39 is 41.8 Å². The van der Waals surface area contributed by atoms with Gasteiger partial charge in [-0.2, -0.15) is 0 Å². The third kappa shape index (κ3) is 6.32. The Labute approximate surface area is 124 Å². The van der Waals surface area contributed by atoms with Crippen LogP contribution < -0.4 is 0 Å². The van der Waals surface area contributed by atoms with Gasteiger partial charge in [0.15, 0.2) is 0 Å². The first kappa shape index (κ1) is 18.9. The van der Waals surface area contributed by atoms with Crippen molar-refractivity contribution in [2.45, 2.75) is 45.8 Å². The van der Waals surface area contributed by atoms with Crippen LogP contribution in [0.25, 0.3) is 0 Å². The fourth-order valence-electron chi connectivity index (χ4n) is 2.75. The molecule has 1 fully saturated rings. The molecule has 0 aromatic heterocycles. The summed E-state index contributed by atoms with van der Waals surface area (Å²) in [5.41, 5.74) is 0. The molecule has 0 bridgehead atoms. The average Bonchev–Trinajstić information content (AvgIpc) is 1.84. The SMILES string of the molecule is C[Si]1(C)O[Si](C)(C)O[Si](C)(CP(=O)(O)O)O[Si](C)(C)O1. The van der Waals surface area contributed by atoms with E-state index in [0.29, 0.717) is 0 Å². The molecule has 1 saturated heterocycles. The smallest absolute Gasteiger partial charge is 0.329 e. The van der Waals surface area contributed by atoms with Gasteiger partial charge in [-0.3, -0.25) is 4.57 Å². The zero-order chi connectivity index (χ0) is 16.0. The molecule has 0 radical (unpaired) electrons. The van der Waals surface area contributed by atoms with E-state index in [1.807, 2.05) is 39.3 Å². The molecule has 1 heterocycles. The van der Waals surface area contributed by atoms with E-state index in [4.69, 9.17) is 16.5 Å². The minimum Gasteiger partial charge on any atom is -0.416 e. The van der Waals surface area contributed by atoms with Crippen molar-refractivity contribution in [1.82, 2.24) is 0 Å². The molecule has 12 heteroatoms. The first-order chi connectivity index (χ1) is 8.54. The Balaban J connectivity index is 3.12. The van der Waals surface area contributed by atoms with E-state index in [1.54, 1.807) is 6.55 Å². The molecule has 0 unspecified atom stereocenters. The highest BCUT2D eigenvalue weighted by atomic mass is 31.2. The van der Waals surface area contributed by atoms with Gasteiger partial charge < -0.3 is 26.2 Å². The predicted octanol–water partition coefficient (Wildman–Crippen LogP) is 1.96. The van der Waals surface area contributed by atoms with Crippen LogP contribution >= 0.6 is 7.60 Å². The molecule has 1 aliphatic rings. The van der Waals surface area contributed by atoms with Crippen molar-refractivity contribution < 1.29 is 30.8 Å². The summed E-state index contributed by atoms with van der Waals surface area (Å²) in [7, 11) is -14.7. The molecule has 0 aliphatic carbocycles. The van der Waals surface area contributed by atoms with Crippen molar-refractivity contribution in [3.8, 4) is 0 Å². The predicted molar refractivity (Wildman–Crippen MR) is 85.3 cm³/mol. The van der Waals surface area contributed by atoms with Gasteiger partial charge in [0.25, 0.3) is 0 Å². The first-order valence-corrected chi connectivity index (χ1v) is 19.2. The summed E-state index contributed by atoms with van der Waals surface area (Å²) in [6, 6.07) is 0. The molecule has 0 spiro atoms. The van der Waals surface area contributed by atoms with E-state index in [9.17, 15) is 14.4 Å². The average molecular weight is 377 g/mol. The third-order valence-electron chi connectivity index (χ3n) is 2.40. The zero-order valence-electron chi connectivity index (χ0n) is 13.1. The lowest BCUT2D eigenvalue weighted by molar-refractivity contribution is 0.236. The van der Waals surface area contributed by atoms with E-state index in [2.05, 4.69) is 0 Å². The Kier molecular flexibility index (Phi) is 5.19. The number of rotatable bonds is 2. The summed E-state index contributed by atoms with van der Waals surface area (Å²) in [6.45, 7) is 13.0. The van der Waals surface area contributed by atoms with Gasteiger partial charge in [-0.1, -0.05) is 0 Å². The topological polar surface area (TPSA) is 94.5 Å². The molecule has 7 nitrogen and oxygen atoms in total. The Morgan fingerprint density at radius 3 is 1.35 bits per heavy atom. The lowest BCUT2D eigenvalue weighted by Crippen LogP contribution is -2.66. The van der Waals surface area contributed by atoms with Crippen molar-refractivity contribution in [2.75, 3.05) is 5.79 Å². The fraction of sp³-hybridized carbons (Fsp3) is 1.00. The molecule has 0 atom stereocenters. The van der Waals surface area contributed by atoms with Crippen LogP contribution in [-0.4, -0.2) is 49.8 Å². The van der Waals surface area contributed by atoms with Crippen LogP contribution in [0.3, 0.4) is 0 Å². The van der Waals surface area contributed by atoms with Gasteiger partial charge in [0.2, 0.25) is 0 Å². The minimum absolute atomic E-state index is 0.373. The largest absolute Gasteiger partial charge is 0.416 e. The molecule has 1 rings (SSSR count). The molecule has 20 heavy (non-hydrogen) atoms. The van der Waals surface area contributed by atoms with Crippen LogP contribution in [0.2, 0.25) is 45.8 Å². The summed E-state index contributed by atoms with van der Waals surface area (Å²) in [5.74, 6) is -0.373. The Bertz CT molecular complexity index is 399. The van der Waals surface area contributed by atoms with Crippen LogP contribution in [0.4, 0.5) is 0 Å². The quantitative estimate of drug-likeness (QED) is 0.562.